The van der Waals surface area contributed by atoms with E-state index in [-0.39, 0.29) is 28.9 Å². The minimum absolute atomic E-state index is 0.117. The van der Waals surface area contributed by atoms with Crippen LogP contribution in [-0.2, 0) is 14.6 Å². The molecule has 0 radical (unpaired) electrons. The zero-order valence-electron chi connectivity index (χ0n) is 14.5. The normalized spacial score (nSPS) is 20.0. The fraction of sp³-hybridized carbons (Fsp3) is 0.529. The van der Waals surface area contributed by atoms with Gasteiger partial charge in [-0.05, 0) is 38.0 Å². The second-order valence-electron chi connectivity index (χ2n) is 6.46. The number of hydrogen-bond donors (Lipinski definition) is 3. The Hall–Kier alpha value is -2.09. The molecule has 7 nitrogen and oxygen atoms in total. The Morgan fingerprint density at radius 3 is 2.60 bits per heavy atom. The summed E-state index contributed by atoms with van der Waals surface area (Å²) in [4.78, 5) is 23.3. The van der Waals surface area contributed by atoms with Crippen molar-refractivity contribution in [3.63, 3.8) is 0 Å². The van der Waals surface area contributed by atoms with Crippen LogP contribution in [0.5, 0.6) is 0 Å². The number of sulfone groups is 1. The van der Waals surface area contributed by atoms with Gasteiger partial charge in [0, 0.05) is 24.4 Å². The second-order valence-corrected chi connectivity index (χ2v) is 8.48. The smallest absolute Gasteiger partial charge is 0.315 e. The molecule has 0 aromatic heterocycles. The van der Waals surface area contributed by atoms with Gasteiger partial charge in [0.2, 0.25) is 5.91 Å². The van der Waals surface area contributed by atoms with Crippen LogP contribution in [-0.4, -0.2) is 38.7 Å². The molecule has 8 heteroatoms. The molecule has 1 heterocycles. The zero-order valence-corrected chi connectivity index (χ0v) is 15.4. The van der Waals surface area contributed by atoms with E-state index >= 15 is 0 Å². The van der Waals surface area contributed by atoms with Crippen LogP contribution in [0.3, 0.4) is 0 Å². The molecule has 3 amide bonds. The monoisotopic (exact) mass is 367 g/mol. The van der Waals surface area contributed by atoms with Crippen molar-refractivity contribution in [2.45, 2.75) is 56.0 Å². The molecule has 0 saturated carbocycles. The highest BCUT2D eigenvalue weighted by atomic mass is 32.2. The molecular weight excluding hydrogens is 342 g/mol. The number of carbonyl (C=O) groups excluding carboxylic acids is 2. The Morgan fingerprint density at radius 2 is 1.96 bits per heavy atom. The lowest BCUT2D eigenvalue weighted by molar-refractivity contribution is -0.116. The van der Waals surface area contributed by atoms with Crippen molar-refractivity contribution in [2.24, 2.45) is 0 Å². The number of carbonyl (C=O) groups is 2. The lowest BCUT2D eigenvalue weighted by Gasteiger charge is -2.13. The first-order valence-electron chi connectivity index (χ1n) is 8.43. The fourth-order valence-corrected chi connectivity index (χ4v) is 3.49. The van der Waals surface area contributed by atoms with E-state index < -0.39 is 9.84 Å². The van der Waals surface area contributed by atoms with Crippen molar-refractivity contribution in [3.05, 3.63) is 24.3 Å². The predicted molar refractivity (Wildman–Crippen MR) is 96.2 cm³/mol. The maximum Gasteiger partial charge on any atom is 0.315 e. The Labute approximate surface area is 148 Å². The molecule has 1 fully saturated rings. The molecule has 138 valence electrons. The van der Waals surface area contributed by atoms with Gasteiger partial charge in [-0.15, -0.1) is 0 Å². The first-order valence-corrected chi connectivity index (χ1v) is 10.3. The van der Waals surface area contributed by atoms with E-state index in [0.717, 1.165) is 31.9 Å². The number of anilines is 1. The van der Waals surface area contributed by atoms with Crippen LogP contribution in [0.4, 0.5) is 10.5 Å². The maximum absolute atomic E-state index is 12.0. The highest BCUT2D eigenvalue weighted by molar-refractivity contribution is 7.90. The quantitative estimate of drug-likeness (QED) is 0.612. The molecule has 1 saturated heterocycles. The molecule has 2 atom stereocenters. The largest absolute Gasteiger partial charge is 0.334 e. The Bertz CT molecular complexity index is 733. The highest BCUT2D eigenvalue weighted by Crippen LogP contribution is 2.16. The summed E-state index contributed by atoms with van der Waals surface area (Å²) in [5.74, 6) is -0.130. The fourth-order valence-electron chi connectivity index (χ4n) is 2.82. The first-order chi connectivity index (χ1) is 11.8. The van der Waals surface area contributed by atoms with Gasteiger partial charge >= 0.3 is 6.03 Å². The maximum atomic E-state index is 12.0. The average Bonchev–Trinajstić information content (AvgIpc) is 2.84. The molecule has 1 aliphatic heterocycles. The van der Waals surface area contributed by atoms with E-state index in [4.69, 9.17) is 0 Å². The van der Waals surface area contributed by atoms with Crippen LogP contribution >= 0.6 is 0 Å². The van der Waals surface area contributed by atoms with Gasteiger partial charge in [0.1, 0.15) is 0 Å². The first kappa shape index (κ1) is 19.2. The Morgan fingerprint density at radius 1 is 1.20 bits per heavy atom. The van der Waals surface area contributed by atoms with Gasteiger partial charge in [-0.25, -0.2) is 13.2 Å². The van der Waals surface area contributed by atoms with Crippen LogP contribution < -0.4 is 16.0 Å². The third kappa shape index (κ3) is 6.04. The van der Waals surface area contributed by atoms with Crippen LogP contribution in [0.1, 0.15) is 39.0 Å². The number of rotatable bonds is 8. The summed E-state index contributed by atoms with van der Waals surface area (Å²) in [5.41, 5.74) is 0.487. The third-order valence-corrected chi connectivity index (χ3v) is 5.35. The van der Waals surface area contributed by atoms with Gasteiger partial charge in [0.15, 0.2) is 9.84 Å². The average molecular weight is 367 g/mol. The van der Waals surface area contributed by atoms with Gasteiger partial charge in [-0.3, -0.25) is 4.79 Å². The van der Waals surface area contributed by atoms with Gasteiger partial charge < -0.3 is 16.0 Å². The van der Waals surface area contributed by atoms with E-state index in [0.29, 0.717) is 12.1 Å². The zero-order chi connectivity index (χ0) is 18.4. The van der Waals surface area contributed by atoms with Gasteiger partial charge in [-0.1, -0.05) is 18.9 Å². The summed E-state index contributed by atoms with van der Waals surface area (Å²) in [6.07, 6.45) is 4.99. The number of benzene rings is 1. The van der Waals surface area contributed by atoms with E-state index in [1.54, 1.807) is 12.1 Å². The molecule has 1 aromatic rings. The minimum atomic E-state index is -3.29. The van der Waals surface area contributed by atoms with E-state index in [1.165, 1.54) is 12.1 Å². The Balaban J connectivity index is 1.68. The molecule has 0 unspecified atom stereocenters. The highest BCUT2D eigenvalue weighted by Gasteiger charge is 2.26. The van der Waals surface area contributed by atoms with Crippen molar-refractivity contribution < 1.29 is 18.0 Å². The number of nitrogens with one attached hydrogen (secondary N) is 3. The third-order valence-electron chi connectivity index (χ3n) is 4.24. The summed E-state index contributed by atoms with van der Waals surface area (Å²) < 4.78 is 23.0. The molecule has 1 aliphatic rings. The van der Waals surface area contributed by atoms with Crippen molar-refractivity contribution in [1.82, 2.24) is 10.6 Å². The lowest BCUT2D eigenvalue weighted by atomic mass is 10.0. The SMILES string of the molecule is C[C@@H]1NC(=O)N[C@@H]1CCCCCC(=O)Nc1cccc(S(C)(=O)=O)c1. The molecule has 3 N–H and O–H groups in total. The predicted octanol–water partition coefficient (Wildman–Crippen LogP) is 2.05. The van der Waals surface area contributed by atoms with Gasteiger partial charge in [0.05, 0.1) is 10.9 Å². The molecule has 2 rings (SSSR count). The van der Waals surface area contributed by atoms with Crippen molar-refractivity contribution in [3.8, 4) is 0 Å². The van der Waals surface area contributed by atoms with Gasteiger partial charge in [0.25, 0.3) is 0 Å². The summed E-state index contributed by atoms with van der Waals surface area (Å²) in [6.45, 7) is 1.97. The summed E-state index contributed by atoms with van der Waals surface area (Å²) in [6, 6.07) is 6.42. The van der Waals surface area contributed by atoms with E-state index in [2.05, 4.69) is 16.0 Å². The molecule has 25 heavy (non-hydrogen) atoms. The summed E-state index contributed by atoms with van der Waals surface area (Å²) in [7, 11) is -3.29. The van der Waals surface area contributed by atoms with Crippen LogP contribution in [0, 0.1) is 0 Å². The Kier molecular flexibility index (Phi) is 6.41. The van der Waals surface area contributed by atoms with E-state index in [9.17, 15) is 18.0 Å². The van der Waals surface area contributed by atoms with Crippen LogP contribution in [0.15, 0.2) is 29.2 Å². The van der Waals surface area contributed by atoms with Crippen molar-refractivity contribution in [2.75, 3.05) is 11.6 Å². The molecular formula is C17H25N3O4S. The summed E-state index contributed by atoms with van der Waals surface area (Å²) in [5, 5.41) is 8.42. The van der Waals surface area contributed by atoms with Gasteiger partial charge in [-0.2, -0.15) is 0 Å². The number of amides is 3. The number of hydrogen-bond acceptors (Lipinski definition) is 4. The van der Waals surface area contributed by atoms with Crippen LogP contribution in [0.2, 0.25) is 0 Å². The van der Waals surface area contributed by atoms with Crippen molar-refractivity contribution >= 4 is 27.5 Å². The lowest BCUT2D eigenvalue weighted by Crippen LogP contribution is -2.30. The summed E-state index contributed by atoms with van der Waals surface area (Å²) >= 11 is 0. The molecule has 0 aliphatic carbocycles. The minimum Gasteiger partial charge on any atom is -0.334 e. The van der Waals surface area contributed by atoms with E-state index in [1.807, 2.05) is 6.92 Å². The molecule has 1 aromatic carbocycles. The second kappa shape index (κ2) is 8.33. The standard InChI is InChI=1S/C17H25N3O4S/c1-12-15(20-17(22)18-12)9-4-3-5-10-16(21)19-13-7-6-8-14(11-13)25(2,23)24/h6-8,11-12,15H,3-5,9-10H2,1-2H3,(H,19,21)(H2,18,20,22)/t12-,15+/m0/s1. The molecule has 0 spiro atoms. The molecule has 0 bridgehead atoms. The van der Waals surface area contributed by atoms with Crippen LogP contribution in [0.25, 0.3) is 0 Å². The number of unbranched alkanes of at least 4 members (excludes halogenated alkanes) is 2. The number of urea groups is 1. The van der Waals surface area contributed by atoms with Crippen molar-refractivity contribution in [1.29, 1.82) is 0 Å². The topological polar surface area (TPSA) is 104 Å².